The Kier molecular flexibility index (Phi) is 5.95. The lowest BCUT2D eigenvalue weighted by atomic mass is 9.84. The van der Waals surface area contributed by atoms with E-state index < -0.39 is 11.4 Å². The second kappa shape index (κ2) is 7.04. The fourth-order valence-corrected chi connectivity index (χ4v) is 2.24. The largest absolute Gasteiger partial charge is 0.481 e. The molecule has 0 spiro atoms. The van der Waals surface area contributed by atoms with E-state index in [2.05, 4.69) is 5.32 Å². The molecule has 1 amide bonds. The van der Waals surface area contributed by atoms with Crippen LogP contribution in [0, 0.1) is 11.3 Å². The normalized spacial score (nSPS) is 28.9. The second-order valence-corrected chi connectivity index (χ2v) is 6.08. The molecule has 116 valence electrons. The van der Waals surface area contributed by atoms with Crippen LogP contribution < -0.4 is 11.1 Å². The van der Waals surface area contributed by atoms with Crippen LogP contribution in [-0.2, 0) is 14.3 Å². The van der Waals surface area contributed by atoms with Crippen LogP contribution >= 0.6 is 0 Å². The van der Waals surface area contributed by atoms with Crippen molar-refractivity contribution in [2.75, 3.05) is 13.2 Å². The smallest absolute Gasteiger partial charge is 0.306 e. The number of rotatable bonds is 7. The summed E-state index contributed by atoms with van der Waals surface area (Å²) in [5.74, 6) is -1.20. The maximum absolute atomic E-state index is 12.2. The lowest BCUT2D eigenvalue weighted by Crippen LogP contribution is -2.51. The second-order valence-electron chi connectivity index (χ2n) is 6.08. The lowest BCUT2D eigenvalue weighted by Gasteiger charge is -2.27. The highest BCUT2D eigenvalue weighted by atomic mass is 16.5. The summed E-state index contributed by atoms with van der Waals surface area (Å²) >= 11 is 0. The summed E-state index contributed by atoms with van der Waals surface area (Å²) in [5, 5.41) is 11.8. The Bertz CT molecular complexity index is 361. The standard InChI is InChI=1S/C14H26N2O4/c1-9(12(17)18)5-4-6-10(2)16-13(19)14(3)8-20-7-11(14)15/h9-11H,4-8,15H2,1-3H3,(H,16,19)(H,17,18). The van der Waals surface area contributed by atoms with Crippen LogP contribution in [0.3, 0.4) is 0 Å². The highest BCUT2D eigenvalue weighted by Gasteiger charge is 2.44. The molecule has 6 heteroatoms. The van der Waals surface area contributed by atoms with Gasteiger partial charge in [-0.25, -0.2) is 0 Å². The zero-order chi connectivity index (χ0) is 15.3. The number of carboxylic acids is 1. The van der Waals surface area contributed by atoms with E-state index in [9.17, 15) is 9.59 Å². The van der Waals surface area contributed by atoms with Crippen LogP contribution in [0.25, 0.3) is 0 Å². The molecule has 0 aliphatic carbocycles. The molecular weight excluding hydrogens is 260 g/mol. The fraction of sp³-hybridized carbons (Fsp3) is 0.857. The molecular formula is C14H26N2O4. The molecule has 1 saturated heterocycles. The van der Waals surface area contributed by atoms with E-state index in [1.54, 1.807) is 6.92 Å². The van der Waals surface area contributed by atoms with Gasteiger partial charge >= 0.3 is 5.97 Å². The third kappa shape index (κ3) is 4.18. The number of hydrogen-bond donors (Lipinski definition) is 3. The van der Waals surface area contributed by atoms with Gasteiger partial charge in [0, 0.05) is 12.1 Å². The molecule has 0 saturated carbocycles. The molecule has 0 aromatic heterocycles. The van der Waals surface area contributed by atoms with Crippen LogP contribution in [0.4, 0.5) is 0 Å². The first-order chi connectivity index (χ1) is 9.27. The quantitative estimate of drug-likeness (QED) is 0.641. The Morgan fingerprint density at radius 2 is 2.10 bits per heavy atom. The van der Waals surface area contributed by atoms with E-state index in [4.69, 9.17) is 15.6 Å². The van der Waals surface area contributed by atoms with E-state index in [1.165, 1.54) is 0 Å². The first-order valence-corrected chi connectivity index (χ1v) is 7.14. The SMILES string of the molecule is CC(CCCC(C)C(=O)O)NC(=O)C1(C)COCC1N. The number of nitrogens with two attached hydrogens (primary N) is 1. The van der Waals surface area contributed by atoms with E-state index in [-0.39, 0.29) is 23.9 Å². The van der Waals surface area contributed by atoms with Gasteiger partial charge in [-0.15, -0.1) is 0 Å². The minimum Gasteiger partial charge on any atom is -0.481 e. The van der Waals surface area contributed by atoms with Gasteiger partial charge in [0.05, 0.1) is 24.5 Å². The molecule has 1 rings (SSSR count). The number of carbonyl (C=O) groups excluding carboxylic acids is 1. The highest BCUT2D eigenvalue weighted by molar-refractivity contribution is 5.83. The predicted octanol–water partition coefficient (Wildman–Crippen LogP) is 0.746. The zero-order valence-corrected chi connectivity index (χ0v) is 12.5. The molecule has 0 bridgehead atoms. The van der Waals surface area contributed by atoms with Crippen LogP contribution in [-0.4, -0.2) is 42.3 Å². The van der Waals surface area contributed by atoms with Gasteiger partial charge in [-0.3, -0.25) is 9.59 Å². The maximum Gasteiger partial charge on any atom is 0.306 e. The number of carbonyl (C=O) groups is 2. The molecule has 0 aromatic carbocycles. The number of carboxylic acid groups (broad SMARTS) is 1. The van der Waals surface area contributed by atoms with E-state index in [1.807, 2.05) is 13.8 Å². The molecule has 4 atom stereocenters. The Hall–Kier alpha value is -1.14. The molecule has 1 aliphatic rings. The van der Waals surface area contributed by atoms with Crippen molar-refractivity contribution in [3.05, 3.63) is 0 Å². The number of aliphatic carboxylic acids is 1. The van der Waals surface area contributed by atoms with Crippen LogP contribution in [0.1, 0.15) is 40.0 Å². The van der Waals surface area contributed by atoms with Crippen LogP contribution in [0.2, 0.25) is 0 Å². The first-order valence-electron chi connectivity index (χ1n) is 7.14. The molecule has 6 nitrogen and oxygen atoms in total. The summed E-state index contributed by atoms with van der Waals surface area (Å²) in [5.41, 5.74) is 5.25. The van der Waals surface area contributed by atoms with Crippen LogP contribution in [0.15, 0.2) is 0 Å². The monoisotopic (exact) mass is 286 g/mol. The summed E-state index contributed by atoms with van der Waals surface area (Å²) in [6.07, 6.45) is 2.15. The number of amides is 1. The Morgan fingerprint density at radius 1 is 1.45 bits per heavy atom. The molecule has 20 heavy (non-hydrogen) atoms. The highest BCUT2D eigenvalue weighted by Crippen LogP contribution is 2.27. The summed E-state index contributed by atoms with van der Waals surface area (Å²) in [7, 11) is 0. The number of ether oxygens (including phenoxy) is 1. The van der Waals surface area contributed by atoms with Gasteiger partial charge in [0.1, 0.15) is 0 Å². The fourth-order valence-electron chi connectivity index (χ4n) is 2.24. The maximum atomic E-state index is 12.2. The van der Waals surface area contributed by atoms with Crippen molar-refractivity contribution in [1.82, 2.24) is 5.32 Å². The van der Waals surface area contributed by atoms with Crippen molar-refractivity contribution in [3.63, 3.8) is 0 Å². The minimum atomic E-state index is -0.775. The summed E-state index contributed by atoms with van der Waals surface area (Å²) in [4.78, 5) is 22.9. The predicted molar refractivity (Wildman–Crippen MR) is 75.2 cm³/mol. The van der Waals surface area contributed by atoms with Gasteiger partial charge < -0.3 is 20.9 Å². The lowest BCUT2D eigenvalue weighted by molar-refractivity contribution is -0.141. The minimum absolute atomic E-state index is 0.00752. The van der Waals surface area contributed by atoms with Gasteiger partial charge in [-0.1, -0.05) is 13.3 Å². The summed E-state index contributed by atoms with van der Waals surface area (Å²) in [6.45, 7) is 6.20. The average Bonchev–Trinajstić information content (AvgIpc) is 2.70. The molecule has 4 unspecified atom stereocenters. The van der Waals surface area contributed by atoms with Crippen molar-refractivity contribution in [3.8, 4) is 0 Å². The van der Waals surface area contributed by atoms with Crippen molar-refractivity contribution in [2.45, 2.75) is 52.1 Å². The van der Waals surface area contributed by atoms with E-state index >= 15 is 0 Å². The van der Waals surface area contributed by atoms with Crippen molar-refractivity contribution < 1.29 is 19.4 Å². The van der Waals surface area contributed by atoms with Gasteiger partial charge in [0.2, 0.25) is 5.91 Å². The van der Waals surface area contributed by atoms with E-state index in [0.29, 0.717) is 19.6 Å². The average molecular weight is 286 g/mol. The molecule has 0 aromatic rings. The van der Waals surface area contributed by atoms with Gasteiger partial charge in [-0.05, 0) is 26.7 Å². The van der Waals surface area contributed by atoms with Gasteiger partial charge in [0.25, 0.3) is 0 Å². The summed E-state index contributed by atoms with van der Waals surface area (Å²) in [6, 6.07) is -0.269. The van der Waals surface area contributed by atoms with Crippen molar-refractivity contribution >= 4 is 11.9 Å². The molecule has 1 aliphatic heterocycles. The Morgan fingerprint density at radius 3 is 2.60 bits per heavy atom. The molecule has 4 N–H and O–H groups in total. The van der Waals surface area contributed by atoms with Gasteiger partial charge in [-0.2, -0.15) is 0 Å². The number of nitrogens with one attached hydrogen (secondary N) is 1. The number of hydrogen-bond acceptors (Lipinski definition) is 4. The summed E-state index contributed by atoms with van der Waals surface area (Å²) < 4.78 is 5.26. The third-order valence-corrected chi connectivity index (χ3v) is 4.11. The third-order valence-electron chi connectivity index (χ3n) is 4.11. The van der Waals surface area contributed by atoms with Gasteiger partial charge in [0.15, 0.2) is 0 Å². The van der Waals surface area contributed by atoms with Crippen molar-refractivity contribution in [2.24, 2.45) is 17.1 Å². The Labute approximate surface area is 120 Å². The van der Waals surface area contributed by atoms with Crippen LogP contribution in [0.5, 0.6) is 0 Å². The van der Waals surface area contributed by atoms with Crippen molar-refractivity contribution in [1.29, 1.82) is 0 Å². The molecule has 0 radical (unpaired) electrons. The topological polar surface area (TPSA) is 102 Å². The van der Waals surface area contributed by atoms with E-state index in [0.717, 1.165) is 12.8 Å². The Balaban J connectivity index is 2.33. The first kappa shape index (κ1) is 16.9. The molecule has 1 fully saturated rings. The molecule has 1 heterocycles. The zero-order valence-electron chi connectivity index (χ0n) is 12.5.